The molecule has 2 saturated carbocycles. The van der Waals surface area contributed by atoms with Gasteiger partial charge in [0.1, 0.15) is 35.9 Å². The van der Waals surface area contributed by atoms with E-state index in [1.54, 1.807) is 13.8 Å². The van der Waals surface area contributed by atoms with Crippen LogP contribution in [-0.2, 0) is 47.6 Å². The molecule has 0 aromatic heterocycles. The van der Waals surface area contributed by atoms with Crippen LogP contribution in [0.4, 0.5) is 0 Å². The van der Waals surface area contributed by atoms with Gasteiger partial charge in [-0.05, 0) is 26.7 Å². The second-order valence-electron chi connectivity index (χ2n) is 9.88. The zero-order valence-electron chi connectivity index (χ0n) is 19.2. The second-order valence-corrected chi connectivity index (χ2v) is 9.88. The van der Waals surface area contributed by atoms with Gasteiger partial charge in [-0.2, -0.15) is 0 Å². The van der Waals surface area contributed by atoms with Crippen molar-refractivity contribution in [3.05, 3.63) is 23.7 Å². The summed E-state index contributed by atoms with van der Waals surface area (Å²) in [6.45, 7) is 4.04. The molecule has 3 heterocycles. The van der Waals surface area contributed by atoms with Gasteiger partial charge in [0, 0.05) is 12.8 Å². The smallest absolute Gasteiger partial charge is 0.334 e. The number of hydrogen-bond acceptors (Lipinski definition) is 10. The van der Waals surface area contributed by atoms with Crippen molar-refractivity contribution in [2.75, 3.05) is 26.4 Å². The van der Waals surface area contributed by atoms with Crippen LogP contribution in [-0.4, -0.2) is 61.5 Å². The van der Waals surface area contributed by atoms with Crippen LogP contribution in [0.3, 0.4) is 0 Å². The summed E-state index contributed by atoms with van der Waals surface area (Å²) < 4.78 is 33.4. The summed E-state index contributed by atoms with van der Waals surface area (Å²) in [6.07, 6.45) is 4.50. The molecule has 3 aliphatic heterocycles. The second kappa shape index (κ2) is 8.32. The van der Waals surface area contributed by atoms with Gasteiger partial charge in [0.15, 0.2) is 0 Å². The maximum Gasteiger partial charge on any atom is 0.334 e. The molecule has 10 heteroatoms. The van der Waals surface area contributed by atoms with Gasteiger partial charge in [0.2, 0.25) is 0 Å². The highest BCUT2D eigenvalue weighted by Crippen LogP contribution is 2.54. The van der Waals surface area contributed by atoms with Gasteiger partial charge >= 0.3 is 23.9 Å². The predicted octanol–water partition coefficient (Wildman–Crippen LogP) is 1.57. The molecule has 2 aliphatic carbocycles. The Hall–Kier alpha value is -3.04. The molecule has 0 amide bonds. The molecule has 0 aromatic rings. The van der Waals surface area contributed by atoms with Crippen molar-refractivity contribution in [1.82, 2.24) is 0 Å². The first-order valence-electron chi connectivity index (χ1n) is 11.7. The van der Waals surface area contributed by atoms with E-state index in [0.29, 0.717) is 50.4 Å². The van der Waals surface area contributed by atoms with Crippen molar-refractivity contribution in [2.45, 2.75) is 50.7 Å². The maximum absolute atomic E-state index is 12.7. The van der Waals surface area contributed by atoms with Crippen LogP contribution in [0.15, 0.2) is 23.7 Å². The first kappa shape index (κ1) is 22.7. The largest absolute Gasteiger partial charge is 0.497 e. The highest BCUT2D eigenvalue weighted by molar-refractivity contribution is 5.87. The number of rotatable bonds is 0. The summed E-state index contributed by atoms with van der Waals surface area (Å²) in [5.74, 6) is -2.86. The summed E-state index contributed by atoms with van der Waals surface area (Å²) in [5.41, 5.74) is -1.62. The monoisotopic (exact) mass is 476 g/mol. The molecule has 0 bridgehead atoms. The predicted molar refractivity (Wildman–Crippen MR) is 111 cm³/mol. The molecule has 0 spiro atoms. The number of hydrogen-bond donors (Lipinski definition) is 0. The van der Waals surface area contributed by atoms with Gasteiger partial charge in [-0.25, -0.2) is 9.59 Å². The third-order valence-electron chi connectivity index (χ3n) is 7.43. The highest BCUT2D eigenvalue weighted by Gasteiger charge is 2.62. The standard InChI is InChI=1S/C24H28O10/c1-23-11-13-19(23)15(9-17(25)33-23)29-5-3-4-6-30-16-10-18(26)34-24(2)12-14(20(16)24)22(28)32-8-7-31-21(13)27/h9-10,13-14,19-20H,3-8,11-12H2,1-2H3. The maximum atomic E-state index is 12.7. The van der Waals surface area contributed by atoms with Crippen LogP contribution in [0.2, 0.25) is 0 Å². The van der Waals surface area contributed by atoms with Crippen molar-refractivity contribution in [2.24, 2.45) is 23.7 Å². The minimum Gasteiger partial charge on any atom is -0.497 e. The minimum absolute atomic E-state index is 0.0902. The number of carbonyl (C=O) groups is 4. The molecule has 6 unspecified atom stereocenters. The van der Waals surface area contributed by atoms with E-state index in [1.807, 2.05) is 0 Å². The summed E-state index contributed by atoms with van der Waals surface area (Å²) >= 11 is 0. The molecule has 3 fully saturated rings. The lowest BCUT2D eigenvalue weighted by Crippen LogP contribution is -2.60. The Bertz CT molecular complexity index is 904. The fourth-order valence-corrected chi connectivity index (χ4v) is 5.82. The first-order chi connectivity index (χ1) is 16.2. The average Bonchev–Trinajstić information content (AvgIpc) is 2.73. The fourth-order valence-electron chi connectivity index (χ4n) is 5.82. The quantitative estimate of drug-likeness (QED) is 0.376. The van der Waals surface area contributed by atoms with E-state index < -0.39 is 58.8 Å². The van der Waals surface area contributed by atoms with E-state index in [2.05, 4.69) is 0 Å². The summed E-state index contributed by atoms with van der Waals surface area (Å²) in [7, 11) is 0. The van der Waals surface area contributed by atoms with Gasteiger partial charge in [0.05, 0.1) is 49.0 Å². The normalized spacial score (nSPS) is 40.2. The molecular formula is C24H28O10. The van der Waals surface area contributed by atoms with Gasteiger partial charge in [-0.15, -0.1) is 0 Å². The van der Waals surface area contributed by atoms with Crippen molar-refractivity contribution < 1.29 is 47.6 Å². The summed E-state index contributed by atoms with van der Waals surface area (Å²) in [6, 6.07) is 0. The van der Waals surface area contributed by atoms with Crippen molar-refractivity contribution in [1.29, 1.82) is 0 Å². The number of esters is 4. The van der Waals surface area contributed by atoms with Crippen molar-refractivity contribution in [3.8, 4) is 0 Å². The molecule has 184 valence electrons. The van der Waals surface area contributed by atoms with Crippen LogP contribution in [0.25, 0.3) is 0 Å². The zero-order chi connectivity index (χ0) is 24.1. The summed E-state index contributed by atoms with van der Waals surface area (Å²) in [5, 5.41) is 0. The molecule has 0 aromatic carbocycles. The topological polar surface area (TPSA) is 124 Å². The molecule has 0 radical (unpaired) electrons. The van der Waals surface area contributed by atoms with Gasteiger partial charge in [-0.3, -0.25) is 9.59 Å². The average molecular weight is 476 g/mol. The zero-order valence-corrected chi connectivity index (χ0v) is 19.2. The van der Waals surface area contributed by atoms with E-state index in [-0.39, 0.29) is 13.2 Å². The van der Waals surface area contributed by atoms with Crippen LogP contribution in [0, 0.1) is 23.7 Å². The molecule has 10 nitrogen and oxygen atoms in total. The van der Waals surface area contributed by atoms with Crippen LogP contribution in [0.1, 0.15) is 39.5 Å². The Morgan fingerprint density at radius 1 is 0.647 bits per heavy atom. The van der Waals surface area contributed by atoms with Gasteiger partial charge in [-0.1, -0.05) is 0 Å². The fraction of sp³-hybridized carbons (Fsp3) is 0.667. The van der Waals surface area contributed by atoms with Crippen molar-refractivity contribution >= 4 is 23.9 Å². The molecule has 0 N–H and O–H groups in total. The van der Waals surface area contributed by atoms with Crippen LogP contribution < -0.4 is 0 Å². The molecule has 1 saturated heterocycles. The third kappa shape index (κ3) is 3.82. The lowest BCUT2D eigenvalue weighted by molar-refractivity contribution is -0.206. The summed E-state index contributed by atoms with van der Waals surface area (Å²) in [4.78, 5) is 49.4. The van der Waals surface area contributed by atoms with Gasteiger partial charge in [0.25, 0.3) is 0 Å². The third-order valence-corrected chi connectivity index (χ3v) is 7.43. The SMILES string of the molecule is CC12CC3C(=O)OCCOC(=O)C4CC5(C)OC(=O)C=C(OCCCCOC(=CC(=O)O1)C32)C45. The lowest BCUT2D eigenvalue weighted by Gasteiger charge is -2.52. The molecule has 34 heavy (non-hydrogen) atoms. The minimum atomic E-state index is -0.810. The van der Waals surface area contributed by atoms with E-state index in [4.69, 9.17) is 28.4 Å². The molecule has 6 atom stereocenters. The highest BCUT2D eigenvalue weighted by atomic mass is 16.6. The van der Waals surface area contributed by atoms with Crippen LogP contribution >= 0.6 is 0 Å². The molecule has 5 aliphatic rings. The number of ether oxygens (including phenoxy) is 6. The molecule has 5 rings (SSSR count). The van der Waals surface area contributed by atoms with Crippen LogP contribution in [0.5, 0.6) is 0 Å². The van der Waals surface area contributed by atoms with Gasteiger partial charge < -0.3 is 28.4 Å². The molecular weight excluding hydrogens is 448 g/mol. The van der Waals surface area contributed by atoms with E-state index in [0.717, 1.165) is 0 Å². The Balaban J connectivity index is 1.30. The Morgan fingerprint density at radius 2 is 1.06 bits per heavy atom. The number of cyclic esters (lactones) is 2. The Labute approximate surface area is 196 Å². The van der Waals surface area contributed by atoms with Crippen molar-refractivity contribution in [3.63, 3.8) is 0 Å². The first-order valence-corrected chi connectivity index (χ1v) is 11.7. The Morgan fingerprint density at radius 3 is 1.47 bits per heavy atom. The lowest BCUT2D eigenvalue weighted by atomic mass is 9.60. The van der Waals surface area contributed by atoms with E-state index in [9.17, 15) is 19.2 Å². The van der Waals surface area contributed by atoms with E-state index >= 15 is 0 Å². The van der Waals surface area contributed by atoms with E-state index in [1.165, 1.54) is 12.2 Å². The Kier molecular flexibility index (Phi) is 5.56. The number of carbonyl (C=O) groups excluding carboxylic acids is 4.